The molecule has 0 bridgehead atoms. The Morgan fingerprint density at radius 3 is 2.61 bits per heavy atom. The molecule has 1 aromatic rings. The molecule has 1 fully saturated rings. The molecule has 1 heterocycles. The van der Waals surface area contributed by atoms with E-state index in [2.05, 4.69) is 24.1 Å². The molecule has 1 amide bonds. The van der Waals surface area contributed by atoms with Crippen molar-refractivity contribution in [3.8, 4) is 0 Å². The number of carbonyl (C=O) groups is 1. The number of carbonyl (C=O) groups excluding carboxylic acids is 1. The highest BCUT2D eigenvalue weighted by Gasteiger charge is 2.24. The Bertz CT molecular complexity index is 511. The summed E-state index contributed by atoms with van der Waals surface area (Å²) in [7, 11) is 3.95. The zero-order valence-corrected chi connectivity index (χ0v) is 14.7. The van der Waals surface area contributed by atoms with Crippen molar-refractivity contribution in [2.75, 3.05) is 51.8 Å². The zero-order valence-electron chi connectivity index (χ0n) is 14.7. The van der Waals surface area contributed by atoms with Gasteiger partial charge in [-0.25, -0.2) is 0 Å². The number of rotatable bonds is 6. The molecule has 0 saturated carbocycles. The summed E-state index contributed by atoms with van der Waals surface area (Å²) in [5, 5.41) is 3.10. The van der Waals surface area contributed by atoms with Crippen molar-refractivity contribution in [3.05, 3.63) is 29.8 Å². The summed E-state index contributed by atoms with van der Waals surface area (Å²) in [5.41, 5.74) is 1.74. The molecule has 0 spiro atoms. The summed E-state index contributed by atoms with van der Waals surface area (Å²) >= 11 is 0. The van der Waals surface area contributed by atoms with Gasteiger partial charge in [0.2, 0.25) is 0 Å². The monoisotopic (exact) mass is 319 g/mol. The molecule has 0 radical (unpaired) electrons. The third kappa shape index (κ3) is 4.94. The Balaban J connectivity index is 1.97. The minimum atomic E-state index is -0.00684. The van der Waals surface area contributed by atoms with Gasteiger partial charge in [-0.3, -0.25) is 9.69 Å². The molecule has 0 aliphatic carbocycles. The fraction of sp³-hybridized carbons (Fsp3) is 0.611. The number of anilines is 1. The van der Waals surface area contributed by atoms with Crippen LogP contribution < -0.4 is 10.2 Å². The summed E-state index contributed by atoms with van der Waals surface area (Å²) in [6, 6.07) is 8.06. The number of benzene rings is 1. The first-order valence-corrected chi connectivity index (χ1v) is 8.36. The second kappa shape index (κ2) is 8.31. The summed E-state index contributed by atoms with van der Waals surface area (Å²) in [6.45, 7) is 8.52. The first kappa shape index (κ1) is 17.8. The predicted molar refractivity (Wildman–Crippen MR) is 94.1 cm³/mol. The number of ether oxygens (including phenoxy) is 1. The van der Waals surface area contributed by atoms with Crippen molar-refractivity contribution < 1.29 is 9.53 Å². The van der Waals surface area contributed by atoms with E-state index in [1.807, 2.05) is 43.3 Å². The third-order valence-electron chi connectivity index (χ3n) is 4.38. The molecule has 1 atom stereocenters. The lowest BCUT2D eigenvalue weighted by atomic mass is 10.0. The molecule has 0 aromatic heterocycles. The maximum absolute atomic E-state index is 12.5. The minimum absolute atomic E-state index is 0.00684. The van der Waals surface area contributed by atoms with Crippen molar-refractivity contribution in [2.45, 2.75) is 19.9 Å². The molecule has 1 N–H and O–H groups in total. The lowest BCUT2D eigenvalue weighted by Crippen LogP contribution is -2.51. The van der Waals surface area contributed by atoms with Crippen LogP contribution in [0.3, 0.4) is 0 Å². The summed E-state index contributed by atoms with van der Waals surface area (Å²) in [4.78, 5) is 16.9. The van der Waals surface area contributed by atoms with Crippen molar-refractivity contribution in [1.29, 1.82) is 0 Å². The van der Waals surface area contributed by atoms with Gasteiger partial charge in [0.05, 0.1) is 13.2 Å². The molecule has 23 heavy (non-hydrogen) atoms. The fourth-order valence-corrected chi connectivity index (χ4v) is 2.92. The van der Waals surface area contributed by atoms with E-state index in [9.17, 15) is 4.79 Å². The molecule has 1 aromatic carbocycles. The van der Waals surface area contributed by atoms with Gasteiger partial charge in [-0.05, 0) is 24.1 Å². The number of nitrogens with zero attached hydrogens (tertiary/aromatic N) is 2. The van der Waals surface area contributed by atoms with Crippen molar-refractivity contribution in [2.24, 2.45) is 5.92 Å². The standard InChI is InChI=1S/C18H29N3O2/c1-14(2)17(21-8-10-23-11-9-21)13-19-18(22)15-6-5-7-16(12-15)20(3)4/h5-7,12,14,17H,8-11,13H2,1-4H3,(H,19,22)/t17-/m1/s1. The quantitative estimate of drug-likeness (QED) is 0.869. The topological polar surface area (TPSA) is 44.8 Å². The van der Waals surface area contributed by atoms with Gasteiger partial charge in [0.25, 0.3) is 5.91 Å². The van der Waals surface area contributed by atoms with E-state index in [1.165, 1.54) is 0 Å². The smallest absolute Gasteiger partial charge is 0.251 e. The van der Waals surface area contributed by atoms with Gasteiger partial charge in [0, 0.05) is 51.0 Å². The number of hydrogen-bond acceptors (Lipinski definition) is 4. The Kier molecular flexibility index (Phi) is 6.42. The van der Waals surface area contributed by atoms with Gasteiger partial charge < -0.3 is 15.0 Å². The highest BCUT2D eigenvalue weighted by molar-refractivity contribution is 5.95. The number of morpholine rings is 1. The average molecular weight is 319 g/mol. The van der Waals surface area contributed by atoms with Gasteiger partial charge in [0.1, 0.15) is 0 Å². The van der Waals surface area contributed by atoms with E-state index in [-0.39, 0.29) is 5.91 Å². The largest absolute Gasteiger partial charge is 0.379 e. The molecule has 128 valence electrons. The SMILES string of the molecule is CC(C)[C@@H](CNC(=O)c1cccc(N(C)C)c1)N1CCOCC1. The van der Waals surface area contributed by atoms with Crippen LogP contribution in [0.15, 0.2) is 24.3 Å². The highest BCUT2D eigenvalue weighted by Crippen LogP contribution is 2.15. The second-order valence-electron chi connectivity index (χ2n) is 6.61. The fourth-order valence-electron chi connectivity index (χ4n) is 2.92. The van der Waals surface area contributed by atoms with Crippen LogP contribution >= 0.6 is 0 Å². The van der Waals surface area contributed by atoms with Gasteiger partial charge in [0.15, 0.2) is 0 Å². The van der Waals surface area contributed by atoms with E-state index in [1.54, 1.807) is 0 Å². The van der Waals surface area contributed by atoms with Crippen molar-refractivity contribution in [3.63, 3.8) is 0 Å². The first-order chi connectivity index (χ1) is 11.0. The van der Waals surface area contributed by atoms with Gasteiger partial charge >= 0.3 is 0 Å². The van der Waals surface area contributed by atoms with Crippen LogP contribution in [0.1, 0.15) is 24.2 Å². The maximum atomic E-state index is 12.5. The highest BCUT2D eigenvalue weighted by atomic mass is 16.5. The third-order valence-corrected chi connectivity index (χ3v) is 4.38. The maximum Gasteiger partial charge on any atom is 0.251 e. The van der Waals surface area contributed by atoms with Crippen LogP contribution in [-0.4, -0.2) is 63.8 Å². The number of amides is 1. The number of hydrogen-bond donors (Lipinski definition) is 1. The molecule has 1 saturated heterocycles. The van der Waals surface area contributed by atoms with Crippen LogP contribution in [0, 0.1) is 5.92 Å². The lowest BCUT2D eigenvalue weighted by molar-refractivity contribution is 0.00673. The molecule has 2 rings (SSSR count). The van der Waals surface area contributed by atoms with Gasteiger partial charge in [-0.2, -0.15) is 0 Å². The zero-order chi connectivity index (χ0) is 16.8. The molecule has 1 aliphatic heterocycles. The van der Waals surface area contributed by atoms with Crippen molar-refractivity contribution >= 4 is 11.6 Å². The van der Waals surface area contributed by atoms with E-state index < -0.39 is 0 Å². The molecular weight excluding hydrogens is 290 g/mol. The van der Waals surface area contributed by atoms with Crippen LogP contribution in [-0.2, 0) is 4.74 Å². The first-order valence-electron chi connectivity index (χ1n) is 8.36. The van der Waals surface area contributed by atoms with Crippen LogP contribution in [0.5, 0.6) is 0 Å². The summed E-state index contributed by atoms with van der Waals surface area (Å²) in [5.74, 6) is 0.481. The van der Waals surface area contributed by atoms with Gasteiger partial charge in [-0.15, -0.1) is 0 Å². The second-order valence-corrected chi connectivity index (χ2v) is 6.61. The Morgan fingerprint density at radius 1 is 1.30 bits per heavy atom. The summed E-state index contributed by atoms with van der Waals surface area (Å²) in [6.07, 6.45) is 0. The molecule has 5 heteroatoms. The Morgan fingerprint density at radius 2 is 2.00 bits per heavy atom. The molecule has 0 unspecified atom stereocenters. The average Bonchev–Trinajstić information content (AvgIpc) is 2.55. The van der Waals surface area contributed by atoms with Crippen LogP contribution in [0.2, 0.25) is 0 Å². The normalized spacial score (nSPS) is 17.1. The lowest BCUT2D eigenvalue weighted by Gasteiger charge is -2.36. The number of nitrogens with one attached hydrogen (secondary N) is 1. The van der Waals surface area contributed by atoms with E-state index in [4.69, 9.17) is 4.74 Å². The van der Waals surface area contributed by atoms with Crippen LogP contribution in [0.4, 0.5) is 5.69 Å². The molecule has 5 nitrogen and oxygen atoms in total. The molecular formula is C18H29N3O2. The van der Waals surface area contributed by atoms with E-state index in [0.29, 0.717) is 24.1 Å². The van der Waals surface area contributed by atoms with E-state index in [0.717, 1.165) is 32.0 Å². The Hall–Kier alpha value is -1.59. The molecule has 1 aliphatic rings. The van der Waals surface area contributed by atoms with Crippen LogP contribution in [0.25, 0.3) is 0 Å². The van der Waals surface area contributed by atoms with Crippen molar-refractivity contribution in [1.82, 2.24) is 10.2 Å². The summed E-state index contributed by atoms with van der Waals surface area (Å²) < 4.78 is 5.43. The predicted octanol–water partition coefficient (Wildman–Crippen LogP) is 1.84. The Labute approximate surface area is 139 Å². The van der Waals surface area contributed by atoms with Gasteiger partial charge in [-0.1, -0.05) is 19.9 Å². The van der Waals surface area contributed by atoms with E-state index >= 15 is 0 Å². The minimum Gasteiger partial charge on any atom is -0.379 e.